The number of carbonyl (C=O) groups excluding carboxylic acids is 1. The summed E-state index contributed by atoms with van der Waals surface area (Å²) in [6.07, 6.45) is 0. The summed E-state index contributed by atoms with van der Waals surface area (Å²) in [6, 6.07) is 27.3. The van der Waals surface area contributed by atoms with Gasteiger partial charge < -0.3 is 15.6 Å². The molecule has 1 aromatic heterocycles. The number of amides is 1. The van der Waals surface area contributed by atoms with E-state index < -0.39 is 0 Å². The molecule has 0 unspecified atom stereocenters. The highest BCUT2D eigenvalue weighted by Crippen LogP contribution is 2.26. The van der Waals surface area contributed by atoms with Crippen LogP contribution in [0.25, 0.3) is 11.4 Å². The molecule has 6 nitrogen and oxygen atoms in total. The van der Waals surface area contributed by atoms with Crippen LogP contribution < -0.4 is 11.1 Å². The quantitative estimate of drug-likeness (QED) is 0.308. The Bertz CT molecular complexity index is 1120. The van der Waals surface area contributed by atoms with Crippen LogP contribution in [-0.4, -0.2) is 26.4 Å². The molecule has 0 aliphatic carbocycles. The Balaban J connectivity index is 1.48. The average Bonchev–Trinajstić information content (AvgIpc) is 3.25. The lowest BCUT2D eigenvalue weighted by molar-refractivity contribution is -0.119. The molecule has 0 aliphatic heterocycles. The number of thioether (sulfide) groups is 1. The fourth-order valence-electron chi connectivity index (χ4n) is 3.51. The van der Waals surface area contributed by atoms with E-state index in [1.165, 1.54) is 11.8 Å². The Morgan fingerprint density at radius 2 is 1.53 bits per heavy atom. The molecular formula is C25H25N5OS. The van der Waals surface area contributed by atoms with Gasteiger partial charge in [0.05, 0.1) is 11.8 Å². The first-order valence-electron chi connectivity index (χ1n) is 10.5. The van der Waals surface area contributed by atoms with Crippen LogP contribution in [0.2, 0.25) is 0 Å². The number of hydrogen-bond acceptors (Lipinski definition) is 5. The van der Waals surface area contributed by atoms with E-state index in [-0.39, 0.29) is 17.7 Å². The lowest BCUT2D eigenvalue weighted by Crippen LogP contribution is -2.30. The molecule has 3 N–H and O–H groups in total. The van der Waals surface area contributed by atoms with Gasteiger partial charge in [0, 0.05) is 17.8 Å². The molecule has 162 valence electrons. The number of carbonyl (C=O) groups is 1. The zero-order valence-corrected chi connectivity index (χ0v) is 18.6. The van der Waals surface area contributed by atoms with Crippen molar-refractivity contribution in [1.29, 1.82) is 0 Å². The first-order chi connectivity index (χ1) is 15.7. The zero-order chi connectivity index (χ0) is 22.3. The minimum absolute atomic E-state index is 0.0626. The van der Waals surface area contributed by atoms with Crippen LogP contribution in [0.15, 0.2) is 90.1 Å². The van der Waals surface area contributed by atoms with E-state index in [4.69, 9.17) is 5.73 Å². The number of nitrogen functional groups attached to an aromatic ring is 1. The summed E-state index contributed by atoms with van der Waals surface area (Å²) in [7, 11) is 0. The van der Waals surface area contributed by atoms with Gasteiger partial charge in [0.15, 0.2) is 11.0 Å². The molecule has 0 atom stereocenters. The Hall–Kier alpha value is -3.58. The Labute approximate surface area is 191 Å². The van der Waals surface area contributed by atoms with Crippen molar-refractivity contribution in [2.45, 2.75) is 24.7 Å². The van der Waals surface area contributed by atoms with Gasteiger partial charge >= 0.3 is 0 Å². The van der Waals surface area contributed by atoms with Crippen LogP contribution in [-0.2, 0) is 11.3 Å². The number of rotatable bonds is 8. The smallest absolute Gasteiger partial charge is 0.231 e. The highest BCUT2D eigenvalue weighted by atomic mass is 32.2. The van der Waals surface area contributed by atoms with Crippen molar-refractivity contribution >= 4 is 23.4 Å². The third-order valence-electron chi connectivity index (χ3n) is 5.11. The second-order valence-corrected chi connectivity index (χ2v) is 8.23. The summed E-state index contributed by atoms with van der Waals surface area (Å²) >= 11 is 1.38. The fraction of sp³-hybridized carbons (Fsp3) is 0.160. The van der Waals surface area contributed by atoms with E-state index in [9.17, 15) is 4.79 Å². The molecule has 0 fully saturated rings. The number of hydrogen-bond donors (Lipinski definition) is 2. The SMILES string of the molecule is CCn1c(SCC(=O)NC(c2ccccc2)c2ccccc2)nnc1-c1ccc(N)cc1. The van der Waals surface area contributed by atoms with Gasteiger partial charge in [-0.3, -0.25) is 4.79 Å². The van der Waals surface area contributed by atoms with Crippen LogP contribution >= 0.6 is 11.8 Å². The molecule has 0 radical (unpaired) electrons. The van der Waals surface area contributed by atoms with Crippen molar-refractivity contribution in [3.8, 4) is 11.4 Å². The van der Waals surface area contributed by atoms with Crippen LogP contribution in [0.1, 0.15) is 24.1 Å². The predicted molar refractivity (Wildman–Crippen MR) is 129 cm³/mol. The van der Waals surface area contributed by atoms with Crippen LogP contribution in [0, 0.1) is 0 Å². The average molecular weight is 444 g/mol. The minimum Gasteiger partial charge on any atom is -0.399 e. The first-order valence-corrected chi connectivity index (χ1v) is 11.5. The highest BCUT2D eigenvalue weighted by molar-refractivity contribution is 7.99. The molecule has 1 amide bonds. The predicted octanol–water partition coefficient (Wildman–Crippen LogP) is 4.55. The van der Waals surface area contributed by atoms with E-state index in [0.29, 0.717) is 17.4 Å². The number of nitrogens with two attached hydrogens (primary N) is 1. The topological polar surface area (TPSA) is 85.8 Å². The van der Waals surface area contributed by atoms with Gasteiger partial charge in [0.25, 0.3) is 0 Å². The summed E-state index contributed by atoms with van der Waals surface area (Å²) < 4.78 is 2.01. The third kappa shape index (κ3) is 5.00. The van der Waals surface area contributed by atoms with Gasteiger partial charge in [-0.2, -0.15) is 0 Å². The maximum absolute atomic E-state index is 12.9. The van der Waals surface area contributed by atoms with E-state index in [1.54, 1.807) is 0 Å². The molecule has 4 aromatic rings. The number of aromatic nitrogens is 3. The van der Waals surface area contributed by atoms with Gasteiger partial charge in [-0.1, -0.05) is 72.4 Å². The number of nitrogens with zero attached hydrogens (tertiary/aromatic N) is 3. The van der Waals surface area contributed by atoms with Crippen molar-refractivity contribution < 1.29 is 4.79 Å². The van der Waals surface area contributed by atoms with E-state index in [0.717, 1.165) is 22.5 Å². The van der Waals surface area contributed by atoms with Gasteiger partial charge in [0.2, 0.25) is 5.91 Å². The minimum atomic E-state index is -0.208. The molecule has 4 rings (SSSR count). The molecule has 0 bridgehead atoms. The standard InChI is InChI=1S/C25H25N5OS/c1-2-30-24(20-13-15-21(26)16-14-20)28-29-25(30)32-17-22(31)27-23(18-9-5-3-6-10-18)19-11-7-4-8-12-19/h3-16,23H,2,17,26H2,1H3,(H,27,31). The van der Waals surface area contributed by atoms with Crippen LogP contribution in [0.3, 0.4) is 0 Å². The molecule has 3 aromatic carbocycles. The van der Waals surface area contributed by atoms with Crippen molar-refractivity contribution in [2.75, 3.05) is 11.5 Å². The normalized spacial score (nSPS) is 10.9. The molecule has 0 saturated carbocycles. The van der Waals surface area contributed by atoms with Crippen molar-refractivity contribution in [3.63, 3.8) is 0 Å². The van der Waals surface area contributed by atoms with Crippen LogP contribution in [0.4, 0.5) is 5.69 Å². The maximum atomic E-state index is 12.9. The Morgan fingerprint density at radius 3 is 2.09 bits per heavy atom. The summed E-state index contributed by atoms with van der Waals surface area (Å²) in [5, 5.41) is 12.5. The van der Waals surface area contributed by atoms with Crippen LogP contribution in [0.5, 0.6) is 0 Å². The Kier molecular flexibility index (Phi) is 6.87. The molecule has 1 heterocycles. The van der Waals surface area contributed by atoms with E-state index in [2.05, 4.69) is 15.5 Å². The van der Waals surface area contributed by atoms with Gasteiger partial charge in [-0.25, -0.2) is 0 Å². The summed E-state index contributed by atoms with van der Waals surface area (Å²) in [5.74, 6) is 0.949. The summed E-state index contributed by atoms with van der Waals surface area (Å²) in [5.41, 5.74) is 9.52. The molecule has 0 saturated heterocycles. The zero-order valence-electron chi connectivity index (χ0n) is 17.8. The number of nitrogens with one attached hydrogen (secondary N) is 1. The summed E-state index contributed by atoms with van der Waals surface area (Å²) in [6.45, 7) is 2.74. The van der Waals surface area contributed by atoms with Crippen molar-refractivity contribution in [2.24, 2.45) is 0 Å². The fourth-order valence-corrected chi connectivity index (χ4v) is 4.32. The van der Waals surface area contributed by atoms with Crippen molar-refractivity contribution in [1.82, 2.24) is 20.1 Å². The van der Waals surface area contributed by atoms with Gasteiger partial charge in [-0.05, 0) is 42.3 Å². The summed E-state index contributed by atoms with van der Waals surface area (Å²) in [4.78, 5) is 12.9. The van der Waals surface area contributed by atoms with E-state index in [1.807, 2.05) is 96.4 Å². The largest absolute Gasteiger partial charge is 0.399 e. The second kappa shape index (κ2) is 10.2. The lowest BCUT2D eigenvalue weighted by atomic mass is 9.99. The highest BCUT2D eigenvalue weighted by Gasteiger charge is 2.19. The third-order valence-corrected chi connectivity index (χ3v) is 6.07. The number of benzene rings is 3. The molecular weight excluding hydrogens is 418 g/mol. The maximum Gasteiger partial charge on any atom is 0.231 e. The first kappa shape index (κ1) is 21.6. The number of anilines is 1. The van der Waals surface area contributed by atoms with Gasteiger partial charge in [-0.15, -0.1) is 10.2 Å². The van der Waals surface area contributed by atoms with Crippen molar-refractivity contribution in [3.05, 3.63) is 96.1 Å². The molecule has 32 heavy (non-hydrogen) atoms. The molecule has 0 aliphatic rings. The lowest BCUT2D eigenvalue weighted by Gasteiger charge is -2.20. The molecule has 7 heteroatoms. The molecule has 0 spiro atoms. The second-order valence-electron chi connectivity index (χ2n) is 7.28. The monoisotopic (exact) mass is 443 g/mol. The van der Waals surface area contributed by atoms with E-state index >= 15 is 0 Å². The van der Waals surface area contributed by atoms with Gasteiger partial charge in [0.1, 0.15) is 0 Å². The Morgan fingerprint density at radius 1 is 0.938 bits per heavy atom.